The number of hydrogen-bond donors (Lipinski definition) is 1. The van der Waals surface area contributed by atoms with Crippen LogP contribution >= 0.6 is 23.7 Å². The van der Waals surface area contributed by atoms with E-state index in [0.29, 0.717) is 0 Å². The molecule has 0 aliphatic heterocycles. The summed E-state index contributed by atoms with van der Waals surface area (Å²) >= 11 is 1.90. The molecule has 0 unspecified atom stereocenters. The van der Waals surface area contributed by atoms with E-state index in [0.717, 1.165) is 13.1 Å². The van der Waals surface area contributed by atoms with Gasteiger partial charge in [-0.3, -0.25) is 0 Å². The molecule has 3 heteroatoms. The molecule has 1 aliphatic carbocycles. The van der Waals surface area contributed by atoms with Gasteiger partial charge < -0.3 is 5.32 Å². The van der Waals surface area contributed by atoms with E-state index in [9.17, 15) is 0 Å². The zero-order valence-electron chi connectivity index (χ0n) is 10.5. The summed E-state index contributed by atoms with van der Waals surface area (Å²) in [5, 5.41) is 3.53. The number of halogens is 1. The van der Waals surface area contributed by atoms with Crippen LogP contribution in [0.1, 0.15) is 41.9 Å². The molecule has 2 rings (SSSR count). The van der Waals surface area contributed by atoms with Gasteiger partial charge in [-0.05, 0) is 57.7 Å². The van der Waals surface area contributed by atoms with Crippen LogP contribution in [0.3, 0.4) is 0 Å². The molecule has 0 saturated heterocycles. The Kier molecular flexibility index (Phi) is 6.86. The van der Waals surface area contributed by atoms with Crippen molar-refractivity contribution >= 4 is 23.7 Å². The molecule has 1 aromatic heterocycles. The lowest BCUT2D eigenvalue weighted by Gasteiger charge is -2.12. The van der Waals surface area contributed by atoms with Crippen molar-refractivity contribution in [3.8, 4) is 0 Å². The summed E-state index contributed by atoms with van der Waals surface area (Å²) in [5.74, 6) is 0. The lowest BCUT2D eigenvalue weighted by molar-refractivity contribution is 0.635. The lowest BCUT2D eigenvalue weighted by atomic mass is 9.97. The van der Waals surface area contributed by atoms with Crippen LogP contribution in [0.25, 0.3) is 0 Å². The minimum Gasteiger partial charge on any atom is -0.312 e. The van der Waals surface area contributed by atoms with Gasteiger partial charge in [0.1, 0.15) is 0 Å². The summed E-state index contributed by atoms with van der Waals surface area (Å²) in [6, 6.07) is 4.43. The highest BCUT2D eigenvalue weighted by molar-refractivity contribution is 7.11. The molecule has 0 bridgehead atoms. The molecule has 1 aromatic rings. The largest absolute Gasteiger partial charge is 0.312 e. The van der Waals surface area contributed by atoms with E-state index >= 15 is 0 Å². The van der Waals surface area contributed by atoms with Crippen molar-refractivity contribution in [3.63, 3.8) is 0 Å². The quantitative estimate of drug-likeness (QED) is 0.616. The molecule has 17 heavy (non-hydrogen) atoms. The highest BCUT2D eigenvalue weighted by Gasteiger charge is 2.03. The van der Waals surface area contributed by atoms with Crippen LogP contribution in [0, 0.1) is 6.92 Å². The minimum absolute atomic E-state index is 0. The van der Waals surface area contributed by atoms with E-state index in [1.165, 1.54) is 41.9 Å². The molecule has 0 radical (unpaired) electrons. The predicted octanol–water partition coefficient (Wildman–Crippen LogP) is 4.46. The van der Waals surface area contributed by atoms with E-state index in [1.54, 1.807) is 5.57 Å². The number of aryl methyl sites for hydroxylation is 1. The van der Waals surface area contributed by atoms with Gasteiger partial charge in [-0.25, -0.2) is 0 Å². The number of nitrogens with one attached hydrogen (secondary N) is 1. The zero-order chi connectivity index (χ0) is 11.2. The number of thiophene rings is 1. The van der Waals surface area contributed by atoms with Crippen LogP contribution in [-0.4, -0.2) is 6.54 Å². The fourth-order valence-electron chi connectivity index (χ4n) is 2.17. The second-order valence-corrected chi connectivity index (χ2v) is 5.92. The van der Waals surface area contributed by atoms with E-state index < -0.39 is 0 Å². The monoisotopic (exact) mass is 271 g/mol. The van der Waals surface area contributed by atoms with Crippen LogP contribution < -0.4 is 5.32 Å². The minimum atomic E-state index is 0. The molecular formula is C14H22ClNS. The molecule has 0 amide bonds. The van der Waals surface area contributed by atoms with Crippen LogP contribution in [0.4, 0.5) is 0 Å². The van der Waals surface area contributed by atoms with Crippen molar-refractivity contribution in [2.75, 3.05) is 6.54 Å². The molecule has 0 atom stereocenters. The van der Waals surface area contributed by atoms with Crippen LogP contribution in [-0.2, 0) is 6.54 Å². The summed E-state index contributed by atoms with van der Waals surface area (Å²) in [4.78, 5) is 2.86. The van der Waals surface area contributed by atoms with Crippen molar-refractivity contribution in [2.45, 2.75) is 45.6 Å². The highest BCUT2D eigenvalue weighted by atomic mass is 35.5. The molecule has 0 aromatic carbocycles. The second kappa shape index (κ2) is 7.91. The molecule has 0 spiro atoms. The van der Waals surface area contributed by atoms with Gasteiger partial charge in [-0.1, -0.05) is 11.6 Å². The van der Waals surface area contributed by atoms with E-state index in [4.69, 9.17) is 0 Å². The first kappa shape index (κ1) is 14.7. The highest BCUT2D eigenvalue weighted by Crippen LogP contribution is 2.19. The molecular weight excluding hydrogens is 250 g/mol. The van der Waals surface area contributed by atoms with Gasteiger partial charge in [0.15, 0.2) is 0 Å². The van der Waals surface area contributed by atoms with Crippen LogP contribution in [0.15, 0.2) is 23.8 Å². The smallest absolute Gasteiger partial charge is 0.0299 e. The molecule has 1 N–H and O–H groups in total. The molecule has 0 fully saturated rings. The Balaban J connectivity index is 0.00000144. The topological polar surface area (TPSA) is 12.0 Å². The summed E-state index contributed by atoms with van der Waals surface area (Å²) in [6.45, 7) is 4.33. The van der Waals surface area contributed by atoms with Crippen molar-refractivity contribution in [2.24, 2.45) is 0 Å². The fourth-order valence-corrected chi connectivity index (χ4v) is 3.03. The maximum Gasteiger partial charge on any atom is 0.0299 e. The molecule has 0 saturated carbocycles. The first-order valence-corrected chi connectivity index (χ1v) is 7.10. The Morgan fingerprint density at radius 2 is 2.18 bits per heavy atom. The van der Waals surface area contributed by atoms with Crippen LogP contribution in [0.2, 0.25) is 0 Å². The SMILES string of the molecule is Cc1ccc(CNCCC2=CCCCC2)s1.Cl. The summed E-state index contributed by atoms with van der Waals surface area (Å²) in [7, 11) is 0. The number of allylic oxidation sites excluding steroid dienone is 1. The third-order valence-corrected chi connectivity index (χ3v) is 4.10. The van der Waals surface area contributed by atoms with Crippen molar-refractivity contribution in [3.05, 3.63) is 33.5 Å². The number of rotatable bonds is 5. The summed E-state index contributed by atoms with van der Waals surface area (Å²) < 4.78 is 0. The van der Waals surface area contributed by atoms with Gasteiger partial charge in [-0.15, -0.1) is 23.7 Å². The molecule has 1 heterocycles. The summed E-state index contributed by atoms with van der Waals surface area (Å²) in [6.07, 6.45) is 9.12. The number of hydrogen-bond acceptors (Lipinski definition) is 2. The second-order valence-electron chi connectivity index (χ2n) is 4.55. The maximum atomic E-state index is 3.53. The average molecular weight is 272 g/mol. The van der Waals surface area contributed by atoms with E-state index in [-0.39, 0.29) is 12.4 Å². The summed E-state index contributed by atoms with van der Waals surface area (Å²) in [5.41, 5.74) is 1.67. The van der Waals surface area contributed by atoms with Gasteiger partial charge in [0.25, 0.3) is 0 Å². The van der Waals surface area contributed by atoms with Gasteiger partial charge in [0, 0.05) is 16.3 Å². The Hall–Kier alpha value is -0.310. The van der Waals surface area contributed by atoms with Crippen molar-refractivity contribution in [1.29, 1.82) is 0 Å². The van der Waals surface area contributed by atoms with Gasteiger partial charge >= 0.3 is 0 Å². The van der Waals surface area contributed by atoms with Gasteiger partial charge in [-0.2, -0.15) is 0 Å². The van der Waals surface area contributed by atoms with E-state index in [2.05, 4.69) is 30.4 Å². The Morgan fingerprint density at radius 3 is 2.82 bits per heavy atom. The lowest BCUT2D eigenvalue weighted by Crippen LogP contribution is -2.14. The third-order valence-electron chi connectivity index (χ3n) is 3.10. The molecule has 96 valence electrons. The molecule has 1 nitrogen and oxygen atoms in total. The Labute approximate surface area is 115 Å². The van der Waals surface area contributed by atoms with Crippen molar-refractivity contribution in [1.82, 2.24) is 5.32 Å². The van der Waals surface area contributed by atoms with Crippen LogP contribution in [0.5, 0.6) is 0 Å². The Bertz CT molecular complexity index is 357. The maximum absolute atomic E-state index is 3.53. The standard InChI is InChI=1S/C14H21NS.ClH/c1-12-7-8-14(16-12)11-15-10-9-13-5-3-2-4-6-13;/h5,7-8,15H,2-4,6,9-11H2,1H3;1H. The molecule has 1 aliphatic rings. The van der Waals surface area contributed by atoms with E-state index in [1.807, 2.05) is 11.3 Å². The fraction of sp³-hybridized carbons (Fsp3) is 0.571. The zero-order valence-corrected chi connectivity index (χ0v) is 12.1. The Morgan fingerprint density at radius 1 is 1.29 bits per heavy atom. The van der Waals surface area contributed by atoms with Crippen molar-refractivity contribution < 1.29 is 0 Å². The third kappa shape index (κ3) is 5.24. The van der Waals surface area contributed by atoms with Gasteiger partial charge in [0.2, 0.25) is 0 Å². The first-order chi connectivity index (χ1) is 7.84. The van der Waals surface area contributed by atoms with Gasteiger partial charge in [0.05, 0.1) is 0 Å². The average Bonchev–Trinajstić information content (AvgIpc) is 2.72. The normalized spacial score (nSPS) is 15.2. The predicted molar refractivity (Wildman–Crippen MR) is 79.2 cm³/mol. The first-order valence-electron chi connectivity index (χ1n) is 6.28.